The van der Waals surface area contributed by atoms with Gasteiger partial charge < -0.3 is 5.32 Å². The van der Waals surface area contributed by atoms with Crippen molar-refractivity contribution in [3.63, 3.8) is 0 Å². The Labute approximate surface area is 117 Å². The summed E-state index contributed by atoms with van der Waals surface area (Å²) in [4.78, 5) is 0. The molecule has 2 rings (SSSR count). The lowest BCUT2D eigenvalue weighted by atomic mass is 10.1. The highest BCUT2D eigenvalue weighted by Gasteiger charge is 2.11. The van der Waals surface area contributed by atoms with Crippen LogP contribution in [0.2, 0.25) is 0 Å². The molecular weight excluding hydrogens is 255 g/mol. The van der Waals surface area contributed by atoms with E-state index in [1.165, 1.54) is 12.1 Å². The first-order chi connectivity index (χ1) is 9.55. The van der Waals surface area contributed by atoms with Gasteiger partial charge in [-0.3, -0.25) is 4.68 Å². The Kier molecular flexibility index (Phi) is 4.16. The van der Waals surface area contributed by atoms with Gasteiger partial charge in [-0.15, -0.1) is 0 Å². The Bertz CT molecular complexity index is 667. The summed E-state index contributed by atoms with van der Waals surface area (Å²) in [6, 6.07) is 6.33. The molecule has 0 atom stereocenters. The van der Waals surface area contributed by atoms with Gasteiger partial charge in [0, 0.05) is 17.8 Å². The van der Waals surface area contributed by atoms with Gasteiger partial charge in [0.2, 0.25) is 0 Å². The number of hydrogen-bond donors (Lipinski definition) is 1. The Morgan fingerprint density at radius 2 is 2.10 bits per heavy atom. The molecule has 0 saturated carbocycles. The maximum absolute atomic E-state index is 13.4. The number of nitrogens with zero attached hydrogens (tertiary/aromatic N) is 3. The normalized spacial score (nSPS) is 10.6. The van der Waals surface area contributed by atoms with E-state index >= 15 is 0 Å². The van der Waals surface area contributed by atoms with E-state index in [1.54, 1.807) is 6.07 Å². The molecule has 20 heavy (non-hydrogen) atoms. The smallest absolute Gasteiger partial charge is 0.124 e. The Balaban J connectivity index is 2.33. The van der Waals surface area contributed by atoms with Gasteiger partial charge in [-0.25, -0.2) is 4.39 Å². The summed E-state index contributed by atoms with van der Waals surface area (Å²) < 4.78 is 15.3. The average molecular weight is 272 g/mol. The first-order valence-electron chi connectivity index (χ1n) is 6.42. The molecule has 1 aromatic carbocycles. The fourth-order valence-electron chi connectivity index (χ4n) is 2.30. The minimum Gasteiger partial charge on any atom is -0.316 e. The van der Waals surface area contributed by atoms with E-state index in [0.29, 0.717) is 12.1 Å². The predicted octanol–water partition coefficient (Wildman–Crippen LogP) is 2.28. The van der Waals surface area contributed by atoms with Gasteiger partial charge >= 0.3 is 0 Å². The lowest BCUT2D eigenvalue weighted by molar-refractivity contribution is 0.615. The summed E-state index contributed by atoms with van der Waals surface area (Å²) in [5.74, 6) is -0.393. The summed E-state index contributed by atoms with van der Waals surface area (Å²) in [6.07, 6.45) is 0. The van der Waals surface area contributed by atoms with Gasteiger partial charge in [-0.05, 0) is 44.7 Å². The number of benzene rings is 1. The van der Waals surface area contributed by atoms with Gasteiger partial charge in [0.1, 0.15) is 5.82 Å². The van der Waals surface area contributed by atoms with E-state index < -0.39 is 5.82 Å². The lowest BCUT2D eigenvalue weighted by Crippen LogP contribution is -2.08. The van der Waals surface area contributed by atoms with Gasteiger partial charge in [-0.2, -0.15) is 10.4 Å². The van der Waals surface area contributed by atoms with E-state index in [4.69, 9.17) is 5.26 Å². The Morgan fingerprint density at radius 1 is 1.35 bits per heavy atom. The van der Waals surface area contributed by atoms with Crippen LogP contribution < -0.4 is 5.32 Å². The molecule has 0 unspecified atom stereocenters. The first kappa shape index (κ1) is 14.2. The van der Waals surface area contributed by atoms with Crippen LogP contribution in [0.15, 0.2) is 18.2 Å². The fraction of sp³-hybridized carbons (Fsp3) is 0.333. The minimum absolute atomic E-state index is 0.331. The van der Waals surface area contributed by atoms with E-state index in [1.807, 2.05) is 31.6 Å². The van der Waals surface area contributed by atoms with Crippen LogP contribution in [-0.4, -0.2) is 16.8 Å². The van der Waals surface area contributed by atoms with E-state index in [2.05, 4.69) is 10.4 Å². The molecule has 0 spiro atoms. The molecule has 0 fully saturated rings. The van der Waals surface area contributed by atoms with Crippen molar-refractivity contribution in [2.45, 2.75) is 26.9 Å². The van der Waals surface area contributed by atoms with Crippen molar-refractivity contribution in [1.29, 1.82) is 5.26 Å². The Morgan fingerprint density at radius 3 is 2.75 bits per heavy atom. The summed E-state index contributed by atoms with van der Waals surface area (Å²) in [5, 5.41) is 16.5. The second kappa shape index (κ2) is 5.85. The molecule has 1 N–H and O–H groups in total. The first-order valence-corrected chi connectivity index (χ1v) is 6.42. The number of nitriles is 1. The van der Waals surface area contributed by atoms with Crippen LogP contribution >= 0.6 is 0 Å². The highest BCUT2D eigenvalue weighted by atomic mass is 19.1. The van der Waals surface area contributed by atoms with Crippen molar-refractivity contribution in [3.8, 4) is 6.07 Å². The zero-order valence-corrected chi connectivity index (χ0v) is 11.9. The van der Waals surface area contributed by atoms with Crippen LogP contribution in [0.5, 0.6) is 0 Å². The highest BCUT2D eigenvalue weighted by molar-refractivity contribution is 5.34. The second-order valence-corrected chi connectivity index (χ2v) is 4.80. The molecule has 0 bridgehead atoms. The molecule has 0 aliphatic carbocycles. The number of aryl methyl sites for hydroxylation is 1. The number of aromatic nitrogens is 2. The Hall–Kier alpha value is -2.19. The van der Waals surface area contributed by atoms with Crippen LogP contribution in [0, 0.1) is 31.0 Å². The molecule has 4 nitrogen and oxygen atoms in total. The molecule has 0 saturated heterocycles. The summed E-state index contributed by atoms with van der Waals surface area (Å²) in [5.41, 5.74) is 4.25. The lowest BCUT2D eigenvalue weighted by Gasteiger charge is -2.06. The maximum Gasteiger partial charge on any atom is 0.124 e. The van der Waals surface area contributed by atoms with E-state index in [0.717, 1.165) is 29.1 Å². The third-order valence-corrected chi connectivity index (χ3v) is 3.30. The summed E-state index contributed by atoms with van der Waals surface area (Å²) in [7, 11) is 1.89. The summed E-state index contributed by atoms with van der Waals surface area (Å²) in [6.45, 7) is 5.17. The third kappa shape index (κ3) is 2.86. The van der Waals surface area contributed by atoms with Crippen LogP contribution in [0.25, 0.3) is 0 Å². The highest BCUT2D eigenvalue weighted by Crippen LogP contribution is 2.16. The zero-order chi connectivity index (χ0) is 14.7. The molecule has 104 valence electrons. The van der Waals surface area contributed by atoms with Crippen molar-refractivity contribution in [2.24, 2.45) is 0 Å². The van der Waals surface area contributed by atoms with Crippen molar-refractivity contribution < 1.29 is 4.39 Å². The molecular formula is C15H17FN4. The van der Waals surface area contributed by atoms with Crippen LogP contribution in [0.1, 0.15) is 28.1 Å². The monoisotopic (exact) mass is 272 g/mol. The van der Waals surface area contributed by atoms with E-state index in [9.17, 15) is 4.39 Å². The standard InChI is InChI=1S/C15H17FN4/c1-10-15(8-18-3)11(2)20(19-10)9-13-4-12(7-17)5-14(16)6-13/h4-6,18H,8-9H2,1-3H3. The topological polar surface area (TPSA) is 53.6 Å². The molecule has 2 aromatic rings. The van der Waals surface area contributed by atoms with Gasteiger partial charge in [0.25, 0.3) is 0 Å². The average Bonchev–Trinajstić information content (AvgIpc) is 2.66. The molecule has 0 aliphatic rings. The number of rotatable bonds is 4. The largest absolute Gasteiger partial charge is 0.316 e. The fourth-order valence-corrected chi connectivity index (χ4v) is 2.30. The minimum atomic E-state index is -0.393. The molecule has 0 radical (unpaired) electrons. The van der Waals surface area contributed by atoms with Gasteiger partial charge in [0.15, 0.2) is 0 Å². The SMILES string of the molecule is CNCc1c(C)nn(Cc2cc(F)cc(C#N)c2)c1C. The third-order valence-electron chi connectivity index (χ3n) is 3.30. The van der Waals surface area contributed by atoms with Crippen molar-refractivity contribution in [2.75, 3.05) is 7.05 Å². The van der Waals surface area contributed by atoms with Crippen LogP contribution in [0.3, 0.4) is 0 Å². The maximum atomic E-state index is 13.4. The number of hydrogen-bond acceptors (Lipinski definition) is 3. The number of nitrogens with one attached hydrogen (secondary N) is 1. The molecule has 0 amide bonds. The molecule has 1 heterocycles. The summed E-state index contributed by atoms with van der Waals surface area (Å²) >= 11 is 0. The molecule has 1 aromatic heterocycles. The van der Waals surface area contributed by atoms with Crippen molar-refractivity contribution in [3.05, 3.63) is 52.1 Å². The van der Waals surface area contributed by atoms with Gasteiger partial charge in [-0.1, -0.05) is 0 Å². The van der Waals surface area contributed by atoms with Gasteiger partial charge in [0.05, 0.1) is 23.9 Å². The predicted molar refractivity (Wildman–Crippen MR) is 74.7 cm³/mol. The van der Waals surface area contributed by atoms with Crippen LogP contribution in [-0.2, 0) is 13.1 Å². The van der Waals surface area contributed by atoms with Crippen molar-refractivity contribution in [1.82, 2.24) is 15.1 Å². The quantitative estimate of drug-likeness (QED) is 0.929. The molecule has 0 aliphatic heterocycles. The van der Waals surface area contributed by atoms with Crippen molar-refractivity contribution >= 4 is 0 Å². The second-order valence-electron chi connectivity index (χ2n) is 4.80. The van der Waals surface area contributed by atoms with Crippen LogP contribution in [0.4, 0.5) is 4.39 Å². The number of halogens is 1. The van der Waals surface area contributed by atoms with E-state index in [-0.39, 0.29) is 0 Å². The zero-order valence-electron chi connectivity index (χ0n) is 11.9. The molecule has 5 heteroatoms.